The fourth-order valence-corrected chi connectivity index (χ4v) is 2.64. The van der Waals surface area contributed by atoms with E-state index < -0.39 is 0 Å². The summed E-state index contributed by atoms with van der Waals surface area (Å²) in [4.78, 5) is 16.6. The fourth-order valence-electron chi connectivity index (χ4n) is 2.64. The normalized spacial score (nSPS) is 10.5. The van der Waals surface area contributed by atoms with E-state index in [-0.39, 0.29) is 5.91 Å². The first-order chi connectivity index (χ1) is 11.8. The maximum absolute atomic E-state index is 12.1. The topological polar surface area (TPSA) is 51.2 Å². The molecule has 3 aromatic rings. The van der Waals surface area contributed by atoms with E-state index in [9.17, 15) is 4.79 Å². The molecular weight excluding hydrogens is 300 g/mol. The van der Waals surface area contributed by atoms with Gasteiger partial charge in [-0.2, -0.15) is 0 Å². The highest BCUT2D eigenvalue weighted by molar-refractivity contribution is 5.79. The smallest absolute Gasteiger partial charge is 0.220 e. The third-order valence-corrected chi connectivity index (χ3v) is 3.94. The number of benzene rings is 2. The molecule has 0 aliphatic carbocycles. The highest BCUT2D eigenvalue weighted by Crippen LogP contribution is 2.18. The Morgan fingerprint density at radius 3 is 2.71 bits per heavy atom. The van der Waals surface area contributed by atoms with Crippen LogP contribution in [0.5, 0.6) is 5.75 Å². The van der Waals surface area contributed by atoms with Gasteiger partial charge in [-0.05, 0) is 30.2 Å². The number of para-hydroxylation sites is 2. The lowest BCUT2D eigenvalue weighted by atomic mass is 10.1. The van der Waals surface area contributed by atoms with Gasteiger partial charge in [0.15, 0.2) is 0 Å². The van der Waals surface area contributed by atoms with Gasteiger partial charge in [-0.3, -0.25) is 9.78 Å². The van der Waals surface area contributed by atoms with Crippen LogP contribution in [0.4, 0.5) is 0 Å². The monoisotopic (exact) mass is 320 g/mol. The van der Waals surface area contributed by atoms with Crippen LogP contribution >= 0.6 is 0 Å². The molecule has 0 unspecified atom stereocenters. The Hall–Kier alpha value is -2.88. The average molecular weight is 320 g/mol. The molecular formula is C20H20N2O2. The Labute approximate surface area is 141 Å². The van der Waals surface area contributed by atoms with Crippen molar-refractivity contribution >= 4 is 16.8 Å². The van der Waals surface area contributed by atoms with Crippen LogP contribution in [0.2, 0.25) is 0 Å². The van der Waals surface area contributed by atoms with E-state index in [1.54, 1.807) is 7.11 Å². The number of pyridine rings is 1. The van der Waals surface area contributed by atoms with Crippen molar-refractivity contribution in [3.05, 3.63) is 71.9 Å². The number of carbonyl (C=O) groups excluding carboxylic acids is 1. The summed E-state index contributed by atoms with van der Waals surface area (Å²) in [5, 5.41) is 4.03. The Morgan fingerprint density at radius 1 is 1.04 bits per heavy atom. The number of hydrogen-bond acceptors (Lipinski definition) is 3. The van der Waals surface area contributed by atoms with E-state index in [1.165, 1.54) is 0 Å². The second kappa shape index (κ2) is 7.59. The van der Waals surface area contributed by atoms with Crippen molar-refractivity contribution in [3.8, 4) is 5.75 Å². The Bertz CT molecular complexity index is 846. The van der Waals surface area contributed by atoms with Crippen LogP contribution < -0.4 is 10.1 Å². The van der Waals surface area contributed by atoms with E-state index in [2.05, 4.69) is 10.3 Å². The molecule has 0 radical (unpaired) electrons. The fraction of sp³-hybridized carbons (Fsp3) is 0.200. The summed E-state index contributed by atoms with van der Waals surface area (Å²) in [5.41, 5.74) is 2.84. The molecule has 0 saturated carbocycles. The standard InChI is InChI=1S/C20H20N2O2/c1-24-19-9-5-3-7-16(19)11-13-20(23)21-14-17-12-10-15-6-2-4-8-18(15)22-17/h2-10,12H,11,13-14H2,1H3,(H,21,23). The number of fused-ring (bicyclic) bond motifs is 1. The van der Waals surface area contributed by atoms with Gasteiger partial charge in [0.25, 0.3) is 0 Å². The maximum atomic E-state index is 12.1. The zero-order valence-electron chi connectivity index (χ0n) is 13.7. The lowest BCUT2D eigenvalue weighted by molar-refractivity contribution is -0.121. The van der Waals surface area contributed by atoms with Crippen molar-refractivity contribution in [1.29, 1.82) is 0 Å². The van der Waals surface area contributed by atoms with E-state index in [0.717, 1.165) is 27.9 Å². The van der Waals surface area contributed by atoms with Gasteiger partial charge in [0.2, 0.25) is 5.91 Å². The number of aromatic nitrogens is 1. The van der Waals surface area contributed by atoms with Crippen molar-refractivity contribution in [2.75, 3.05) is 7.11 Å². The van der Waals surface area contributed by atoms with Gasteiger partial charge in [-0.1, -0.05) is 42.5 Å². The molecule has 4 heteroatoms. The number of nitrogens with zero attached hydrogens (tertiary/aromatic N) is 1. The summed E-state index contributed by atoms with van der Waals surface area (Å²) in [6, 6.07) is 19.7. The number of methoxy groups -OCH3 is 1. The van der Waals surface area contributed by atoms with Crippen molar-refractivity contribution in [2.45, 2.75) is 19.4 Å². The minimum atomic E-state index is 0.0101. The first kappa shape index (κ1) is 16.0. The van der Waals surface area contributed by atoms with Crippen LogP contribution in [0.3, 0.4) is 0 Å². The predicted octanol–water partition coefficient (Wildman–Crippen LogP) is 3.49. The van der Waals surface area contributed by atoms with E-state index in [4.69, 9.17) is 4.74 Å². The average Bonchev–Trinajstić information content (AvgIpc) is 2.64. The Kier molecular flexibility index (Phi) is 5.06. The minimum absolute atomic E-state index is 0.0101. The molecule has 0 bridgehead atoms. The number of aryl methyl sites for hydroxylation is 1. The molecule has 1 aromatic heterocycles. The highest BCUT2D eigenvalue weighted by atomic mass is 16.5. The Morgan fingerprint density at radius 2 is 1.83 bits per heavy atom. The third kappa shape index (κ3) is 3.90. The highest BCUT2D eigenvalue weighted by Gasteiger charge is 2.06. The summed E-state index contributed by atoms with van der Waals surface area (Å²) in [6.07, 6.45) is 1.08. The van der Waals surface area contributed by atoms with E-state index in [0.29, 0.717) is 19.4 Å². The molecule has 4 nitrogen and oxygen atoms in total. The van der Waals surface area contributed by atoms with Gasteiger partial charge in [0, 0.05) is 11.8 Å². The van der Waals surface area contributed by atoms with Gasteiger partial charge in [0.05, 0.1) is 24.9 Å². The largest absolute Gasteiger partial charge is 0.496 e. The third-order valence-electron chi connectivity index (χ3n) is 3.94. The van der Waals surface area contributed by atoms with Crippen LogP contribution in [-0.4, -0.2) is 18.0 Å². The van der Waals surface area contributed by atoms with Crippen molar-refractivity contribution < 1.29 is 9.53 Å². The molecule has 3 rings (SSSR count). The van der Waals surface area contributed by atoms with Gasteiger partial charge < -0.3 is 10.1 Å². The molecule has 0 aliphatic heterocycles. The number of nitrogens with one attached hydrogen (secondary N) is 1. The summed E-state index contributed by atoms with van der Waals surface area (Å²) in [7, 11) is 1.64. The summed E-state index contributed by atoms with van der Waals surface area (Å²) in [5.74, 6) is 0.831. The van der Waals surface area contributed by atoms with Crippen molar-refractivity contribution in [3.63, 3.8) is 0 Å². The molecule has 24 heavy (non-hydrogen) atoms. The second-order valence-corrected chi connectivity index (χ2v) is 5.58. The number of rotatable bonds is 6. The first-order valence-corrected chi connectivity index (χ1v) is 7.99. The van der Waals surface area contributed by atoms with Crippen LogP contribution in [0.25, 0.3) is 10.9 Å². The minimum Gasteiger partial charge on any atom is -0.496 e. The van der Waals surface area contributed by atoms with Crippen molar-refractivity contribution in [2.24, 2.45) is 0 Å². The lowest BCUT2D eigenvalue weighted by Crippen LogP contribution is -2.23. The van der Waals surface area contributed by atoms with E-state index in [1.807, 2.05) is 60.7 Å². The molecule has 2 aromatic carbocycles. The van der Waals surface area contributed by atoms with Gasteiger partial charge in [0.1, 0.15) is 5.75 Å². The van der Waals surface area contributed by atoms with Crippen LogP contribution in [0.1, 0.15) is 17.7 Å². The number of carbonyl (C=O) groups is 1. The SMILES string of the molecule is COc1ccccc1CCC(=O)NCc1ccc2ccccc2n1. The summed E-state index contributed by atoms with van der Waals surface area (Å²) >= 11 is 0. The molecule has 1 N–H and O–H groups in total. The van der Waals surface area contributed by atoms with E-state index >= 15 is 0 Å². The van der Waals surface area contributed by atoms with Crippen LogP contribution in [0.15, 0.2) is 60.7 Å². The second-order valence-electron chi connectivity index (χ2n) is 5.58. The molecule has 0 atom stereocenters. The molecule has 0 spiro atoms. The zero-order chi connectivity index (χ0) is 16.8. The molecule has 1 amide bonds. The molecule has 1 heterocycles. The first-order valence-electron chi connectivity index (χ1n) is 7.99. The quantitative estimate of drug-likeness (QED) is 0.756. The van der Waals surface area contributed by atoms with Crippen molar-refractivity contribution in [1.82, 2.24) is 10.3 Å². The molecule has 0 fully saturated rings. The maximum Gasteiger partial charge on any atom is 0.220 e. The van der Waals surface area contributed by atoms with Crippen LogP contribution in [0, 0.1) is 0 Å². The van der Waals surface area contributed by atoms with Gasteiger partial charge in [-0.25, -0.2) is 0 Å². The van der Waals surface area contributed by atoms with Gasteiger partial charge in [-0.15, -0.1) is 0 Å². The molecule has 0 saturated heterocycles. The molecule has 122 valence electrons. The molecule has 0 aliphatic rings. The Balaban J connectivity index is 1.55. The number of ether oxygens (including phenoxy) is 1. The summed E-state index contributed by atoms with van der Waals surface area (Å²) < 4.78 is 5.31. The summed E-state index contributed by atoms with van der Waals surface area (Å²) in [6.45, 7) is 0.440. The predicted molar refractivity (Wildman–Crippen MR) is 94.9 cm³/mol. The number of amides is 1. The number of hydrogen-bond donors (Lipinski definition) is 1. The lowest BCUT2D eigenvalue weighted by Gasteiger charge is -2.09. The zero-order valence-corrected chi connectivity index (χ0v) is 13.7. The van der Waals surface area contributed by atoms with Gasteiger partial charge >= 0.3 is 0 Å². The van der Waals surface area contributed by atoms with Crippen LogP contribution in [-0.2, 0) is 17.8 Å².